The number of carbonyl (C=O) groups excluding carboxylic acids is 1. The molecule has 37 heavy (non-hydrogen) atoms. The van der Waals surface area contributed by atoms with Gasteiger partial charge in [0.25, 0.3) is 5.91 Å². The van der Waals surface area contributed by atoms with E-state index in [1.807, 2.05) is 44.2 Å². The summed E-state index contributed by atoms with van der Waals surface area (Å²) < 4.78 is 37.0. The average Bonchev–Trinajstić information content (AvgIpc) is 3.35. The SMILES string of the molecule is COc1ccc(-c2noc(CNC(=O)c3ccc(CN(c4c(C)cccc4C)S(C)(=O)=O)cc3)n2)cc1. The number of nitrogens with one attached hydrogen (secondary N) is 1. The predicted octanol–water partition coefficient (Wildman–Crippen LogP) is 4.26. The summed E-state index contributed by atoms with van der Waals surface area (Å²) in [4.78, 5) is 17.0. The summed E-state index contributed by atoms with van der Waals surface area (Å²) in [5.41, 5.74) is 4.36. The van der Waals surface area contributed by atoms with Crippen molar-refractivity contribution in [3.63, 3.8) is 0 Å². The molecule has 9 nitrogen and oxygen atoms in total. The van der Waals surface area contributed by atoms with Gasteiger partial charge in [0.2, 0.25) is 21.7 Å². The van der Waals surface area contributed by atoms with Crippen LogP contribution in [0, 0.1) is 13.8 Å². The zero-order valence-corrected chi connectivity index (χ0v) is 21.9. The first-order valence-electron chi connectivity index (χ1n) is 11.5. The predicted molar refractivity (Wildman–Crippen MR) is 141 cm³/mol. The number of hydrogen-bond acceptors (Lipinski definition) is 7. The quantitative estimate of drug-likeness (QED) is 0.351. The van der Waals surface area contributed by atoms with Gasteiger partial charge in [-0.3, -0.25) is 9.10 Å². The molecule has 192 valence electrons. The number of ether oxygens (including phenoxy) is 1. The summed E-state index contributed by atoms with van der Waals surface area (Å²) in [5.74, 6) is 1.09. The van der Waals surface area contributed by atoms with Crippen LogP contribution in [-0.4, -0.2) is 37.8 Å². The van der Waals surface area contributed by atoms with E-state index in [1.165, 1.54) is 10.6 Å². The topological polar surface area (TPSA) is 115 Å². The Labute approximate surface area is 216 Å². The smallest absolute Gasteiger partial charge is 0.251 e. The second-order valence-electron chi connectivity index (χ2n) is 8.63. The Bertz CT molecular complexity index is 1480. The van der Waals surface area contributed by atoms with E-state index in [0.717, 1.165) is 28.0 Å². The second kappa shape index (κ2) is 10.8. The van der Waals surface area contributed by atoms with Crippen molar-refractivity contribution < 1.29 is 22.5 Å². The van der Waals surface area contributed by atoms with Crippen molar-refractivity contribution >= 4 is 21.6 Å². The normalized spacial score (nSPS) is 11.2. The fraction of sp³-hybridized carbons (Fsp3) is 0.222. The minimum absolute atomic E-state index is 0.0676. The molecule has 0 spiro atoms. The highest BCUT2D eigenvalue weighted by molar-refractivity contribution is 7.92. The molecule has 1 heterocycles. The molecular weight excluding hydrogens is 492 g/mol. The van der Waals surface area contributed by atoms with Gasteiger partial charge >= 0.3 is 0 Å². The van der Waals surface area contributed by atoms with E-state index in [9.17, 15) is 13.2 Å². The number of anilines is 1. The van der Waals surface area contributed by atoms with Gasteiger partial charge in [-0.25, -0.2) is 8.42 Å². The highest BCUT2D eigenvalue weighted by Gasteiger charge is 2.21. The zero-order chi connectivity index (χ0) is 26.6. The minimum atomic E-state index is -3.52. The maximum atomic E-state index is 12.6. The van der Waals surface area contributed by atoms with E-state index in [2.05, 4.69) is 15.5 Å². The summed E-state index contributed by atoms with van der Waals surface area (Å²) in [6.07, 6.45) is 1.19. The van der Waals surface area contributed by atoms with Gasteiger partial charge in [0.1, 0.15) is 5.75 Å². The number of aromatic nitrogens is 2. The van der Waals surface area contributed by atoms with Crippen LogP contribution >= 0.6 is 0 Å². The van der Waals surface area contributed by atoms with Gasteiger partial charge in [-0.2, -0.15) is 4.98 Å². The van der Waals surface area contributed by atoms with E-state index in [1.54, 1.807) is 43.5 Å². The molecule has 0 unspecified atom stereocenters. The van der Waals surface area contributed by atoms with Crippen molar-refractivity contribution in [1.29, 1.82) is 0 Å². The Kier molecular flexibility index (Phi) is 7.58. The Hall–Kier alpha value is -4.18. The molecule has 0 radical (unpaired) electrons. The molecule has 0 saturated carbocycles. The number of carbonyl (C=O) groups is 1. The molecule has 1 aromatic heterocycles. The van der Waals surface area contributed by atoms with Crippen LogP contribution in [0.15, 0.2) is 71.3 Å². The molecule has 0 aliphatic rings. The summed E-state index contributed by atoms with van der Waals surface area (Å²) in [6.45, 7) is 4.00. The minimum Gasteiger partial charge on any atom is -0.497 e. The van der Waals surface area contributed by atoms with Crippen LogP contribution in [0.5, 0.6) is 5.75 Å². The number of methoxy groups -OCH3 is 1. The van der Waals surface area contributed by atoms with Gasteiger partial charge < -0.3 is 14.6 Å². The maximum absolute atomic E-state index is 12.6. The molecule has 1 N–H and O–H groups in total. The lowest BCUT2D eigenvalue weighted by atomic mass is 10.1. The Morgan fingerprint density at radius 3 is 2.24 bits per heavy atom. The summed E-state index contributed by atoms with van der Waals surface area (Å²) >= 11 is 0. The van der Waals surface area contributed by atoms with Crippen LogP contribution in [0.25, 0.3) is 11.4 Å². The molecule has 4 rings (SSSR count). The molecule has 0 saturated heterocycles. The number of aryl methyl sites for hydroxylation is 2. The lowest BCUT2D eigenvalue weighted by Gasteiger charge is -2.26. The van der Waals surface area contributed by atoms with Crippen molar-refractivity contribution in [2.45, 2.75) is 26.9 Å². The highest BCUT2D eigenvalue weighted by Crippen LogP contribution is 2.28. The zero-order valence-electron chi connectivity index (χ0n) is 21.1. The number of rotatable bonds is 9. The number of amides is 1. The fourth-order valence-corrected chi connectivity index (χ4v) is 4.93. The number of sulfonamides is 1. The van der Waals surface area contributed by atoms with E-state index in [4.69, 9.17) is 9.26 Å². The van der Waals surface area contributed by atoms with E-state index in [-0.39, 0.29) is 24.9 Å². The molecular formula is C27H28N4O5S. The third kappa shape index (κ3) is 6.15. The first-order valence-corrected chi connectivity index (χ1v) is 13.4. The van der Waals surface area contributed by atoms with Gasteiger partial charge in [-0.05, 0) is 66.9 Å². The van der Waals surface area contributed by atoms with Crippen LogP contribution in [0.2, 0.25) is 0 Å². The van der Waals surface area contributed by atoms with Gasteiger partial charge in [0.15, 0.2) is 0 Å². The van der Waals surface area contributed by atoms with E-state index in [0.29, 0.717) is 17.1 Å². The standard InChI is InChI=1S/C27H28N4O5S/c1-18-6-5-7-19(2)25(18)31(37(4,33)34)17-20-8-10-22(11-9-20)27(32)28-16-24-29-26(30-36-24)21-12-14-23(35-3)15-13-21/h5-15H,16-17H2,1-4H3,(H,28,32). The van der Waals surface area contributed by atoms with Crippen molar-refractivity contribution in [1.82, 2.24) is 15.5 Å². The Morgan fingerprint density at radius 2 is 1.65 bits per heavy atom. The van der Waals surface area contributed by atoms with Gasteiger partial charge in [0, 0.05) is 11.1 Å². The van der Waals surface area contributed by atoms with Crippen molar-refractivity contribution in [3.8, 4) is 17.1 Å². The highest BCUT2D eigenvalue weighted by atomic mass is 32.2. The largest absolute Gasteiger partial charge is 0.497 e. The molecule has 1 amide bonds. The third-order valence-electron chi connectivity index (χ3n) is 5.85. The summed E-state index contributed by atoms with van der Waals surface area (Å²) in [7, 11) is -1.93. The van der Waals surface area contributed by atoms with E-state index < -0.39 is 10.0 Å². The van der Waals surface area contributed by atoms with E-state index >= 15 is 0 Å². The molecule has 0 aliphatic heterocycles. The monoisotopic (exact) mass is 520 g/mol. The third-order valence-corrected chi connectivity index (χ3v) is 6.96. The molecule has 10 heteroatoms. The lowest BCUT2D eigenvalue weighted by Crippen LogP contribution is -2.30. The first-order chi connectivity index (χ1) is 17.7. The van der Waals surface area contributed by atoms with Crippen molar-refractivity contribution in [2.75, 3.05) is 17.7 Å². The molecule has 0 fully saturated rings. The molecule has 0 bridgehead atoms. The van der Waals surface area contributed by atoms with Crippen LogP contribution in [0.1, 0.15) is 32.9 Å². The van der Waals surface area contributed by atoms with Crippen LogP contribution < -0.4 is 14.4 Å². The molecule has 0 aliphatic carbocycles. The Morgan fingerprint density at radius 1 is 1.00 bits per heavy atom. The molecule has 0 atom stereocenters. The van der Waals surface area contributed by atoms with Crippen molar-refractivity contribution in [3.05, 3.63) is 94.9 Å². The molecule has 4 aromatic rings. The van der Waals surface area contributed by atoms with Gasteiger partial charge in [-0.1, -0.05) is 35.5 Å². The van der Waals surface area contributed by atoms with Gasteiger partial charge in [0.05, 0.1) is 32.1 Å². The number of hydrogen-bond donors (Lipinski definition) is 1. The van der Waals surface area contributed by atoms with Crippen LogP contribution in [-0.2, 0) is 23.1 Å². The molecule has 3 aromatic carbocycles. The number of nitrogens with zero attached hydrogens (tertiary/aromatic N) is 3. The van der Waals surface area contributed by atoms with Crippen molar-refractivity contribution in [2.24, 2.45) is 0 Å². The lowest BCUT2D eigenvalue weighted by molar-refractivity contribution is 0.0946. The van der Waals surface area contributed by atoms with Crippen LogP contribution in [0.3, 0.4) is 0 Å². The first kappa shape index (κ1) is 25.9. The van der Waals surface area contributed by atoms with Crippen LogP contribution in [0.4, 0.5) is 5.69 Å². The fourth-order valence-electron chi connectivity index (χ4n) is 3.93. The second-order valence-corrected chi connectivity index (χ2v) is 10.5. The Balaban J connectivity index is 1.41. The maximum Gasteiger partial charge on any atom is 0.251 e. The summed E-state index contributed by atoms with van der Waals surface area (Å²) in [6, 6.07) is 19.7. The average molecular weight is 521 g/mol. The number of benzene rings is 3. The van der Waals surface area contributed by atoms with Gasteiger partial charge in [-0.15, -0.1) is 0 Å². The summed E-state index contributed by atoms with van der Waals surface area (Å²) in [5, 5.41) is 6.72. The number of para-hydroxylation sites is 1.